The van der Waals surface area contributed by atoms with Crippen molar-refractivity contribution in [2.24, 2.45) is 4.99 Å². The van der Waals surface area contributed by atoms with Crippen molar-refractivity contribution in [3.8, 4) is 5.82 Å². The van der Waals surface area contributed by atoms with E-state index in [4.69, 9.17) is 11.6 Å². The number of imidazole rings is 1. The molecule has 0 aliphatic heterocycles. The van der Waals surface area contributed by atoms with Crippen molar-refractivity contribution in [2.45, 2.75) is 20.0 Å². The highest BCUT2D eigenvalue weighted by molar-refractivity contribution is 14.0. The highest BCUT2D eigenvalue weighted by Crippen LogP contribution is 2.11. The van der Waals surface area contributed by atoms with Crippen LogP contribution >= 0.6 is 35.6 Å². The Bertz CT molecular complexity index is 866. The Morgan fingerprint density at radius 1 is 1.15 bits per heavy atom. The summed E-state index contributed by atoms with van der Waals surface area (Å²) in [6.45, 7) is 4.04. The Kier molecular flexibility index (Phi) is 8.53. The Hall–Kier alpha value is -2.13. The van der Waals surface area contributed by atoms with Gasteiger partial charge in [-0.25, -0.2) is 15.0 Å². The molecule has 0 amide bonds. The number of aromatic nitrogens is 3. The molecule has 2 aromatic heterocycles. The van der Waals surface area contributed by atoms with Gasteiger partial charge in [0, 0.05) is 36.7 Å². The molecule has 2 heterocycles. The fourth-order valence-electron chi connectivity index (χ4n) is 2.44. The first-order valence-electron chi connectivity index (χ1n) is 8.44. The zero-order valence-corrected chi connectivity index (χ0v) is 18.1. The van der Waals surface area contributed by atoms with Gasteiger partial charge in [0.2, 0.25) is 0 Å². The molecule has 1 aromatic carbocycles. The predicted octanol–water partition coefficient (Wildman–Crippen LogP) is 3.79. The topological polar surface area (TPSA) is 67.1 Å². The van der Waals surface area contributed by atoms with Gasteiger partial charge in [-0.1, -0.05) is 23.7 Å². The van der Waals surface area contributed by atoms with Crippen molar-refractivity contribution in [2.75, 3.05) is 6.54 Å². The lowest BCUT2D eigenvalue weighted by molar-refractivity contribution is 0.813. The quantitative estimate of drug-likeness (QED) is 0.310. The SMILES string of the molecule is CCNC(=NCc1cccc(Cl)c1)NCc1ccnc(-n2ccnc2)c1.I. The molecule has 0 spiro atoms. The second-order valence-electron chi connectivity index (χ2n) is 5.67. The maximum absolute atomic E-state index is 6.03. The third-order valence-electron chi connectivity index (χ3n) is 3.69. The van der Waals surface area contributed by atoms with Crippen molar-refractivity contribution in [3.05, 3.63) is 77.5 Å². The number of halogens is 2. The molecule has 3 rings (SSSR count). The summed E-state index contributed by atoms with van der Waals surface area (Å²) < 4.78 is 1.88. The largest absolute Gasteiger partial charge is 0.357 e. The van der Waals surface area contributed by atoms with Crippen LogP contribution in [0.1, 0.15) is 18.1 Å². The van der Waals surface area contributed by atoms with Crippen molar-refractivity contribution < 1.29 is 0 Å². The van der Waals surface area contributed by atoms with E-state index in [0.717, 1.165) is 34.5 Å². The summed E-state index contributed by atoms with van der Waals surface area (Å²) in [5.74, 6) is 1.59. The maximum atomic E-state index is 6.03. The molecule has 0 unspecified atom stereocenters. The van der Waals surface area contributed by atoms with Gasteiger partial charge in [-0.15, -0.1) is 24.0 Å². The van der Waals surface area contributed by atoms with Gasteiger partial charge in [0.05, 0.1) is 6.54 Å². The molecule has 8 heteroatoms. The lowest BCUT2D eigenvalue weighted by atomic mass is 10.2. The highest BCUT2D eigenvalue weighted by atomic mass is 127. The molecule has 2 N–H and O–H groups in total. The van der Waals surface area contributed by atoms with Crippen LogP contribution in [0.5, 0.6) is 0 Å². The van der Waals surface area contributed by atoms with Crippen LogP contribution in [0.2, 0.25) is 5.02 Å². The molecule has 0 aliphatic carbocycles. The summed E-state index contributed by atoms with van der Waals surface area (Å²) >= 11 is 6.03. The molecular weight excluding hydrogens is 475 g/mol. The number of hydrogen-bond donors (Lipinski definition) is 2. The number of aliphatic imine (C=N–C) groups is 1. The second-order valence-corrected chi connectivity index (χ2v) is 6.11. The van der Waals surface area contributed by atoms with Crippen LogP contribution in [0.15, 0.2) is 66.3 Å². The van der Waals surface area contributed by atoms with Gasteiger partial charge in [0.25, 0.3) is 0 Å². The van der Waals surface area contributed by atoms with Gasteiger partial charge >= 0.3 is 0 Å². The third-order valence-corrected chi connectivity index (χ3v) is 3.93. The zero-order chi connectivity index (χ0) is 18.2. The molecule has 3 aromatic rings. The van der Waals surface area contributed by atoms with E-state index < -0.39 is 0 Å². The third kappa shape index (κ3) is 6.51. The summed E-state index contributed by atoms with van der Waals surface area (Å²) in [5, 5.41) is 7.32. The summed E-state index contributed by atoms with van der Waals surface area (Å²) in [7, 11) is 0. The molecular formula is C19H22ClIN6. The summed E-state index contributed by atoms with van der Waals surface area (Å²) in [4.78, 5) is 13.0. The minimum atomic E-state index is 0. The Morgan fingerprint density at radius 3 is 2.78 bits per heavy atom. The van der Waals surface area contributed by atoms with Crippen LogP contribution in [0, 0.1) is 0 Å². The monoisotopic (exact) mass is 496 g/mol. The van der Waals surface area contributed by atoms with Crippen molar-refractivity contribution in [1.82, 2.24) is 25.2 Å². The van der Waals surface area contributed by atoms with Crippen LogP contribution in [0.25, 0.3) is 5.82 Å². The molecule has 0 aliphatic rings. The van der Waals surface area contributed by atoms with Crippen molar-refractivity contribution in [1.29, 1.82) is 0 Å². The average Bonchev–Trinajstić information content (AvgIpc) is 3.19. The normalized spacial score (nSPS) is 11.0. The van der Waals surface area contributed by atoms with Gasteiger partial charge < -0.3 is 10.6 Å². The zero-order valence-electron chi connectivity index (χ0n) is 15.0. The Morgan fingerprint density at radius 2 is 2.04 bits per heavy atom. The van der Waals surface area contributed by atoms with E-state index in [1.165, 1.54) is 0 Å². The lowest BCUT2D eigenvalue weighted by Gasteiger charge is -2.12. The number of pyridine rings is 1. The van der Waals surface area contributed by atoms with Crippen LogP contribution in [0.4, 0.5) is 0 Å². The van der Waals surface area contributed by atoms with Gasteiger partial charge in [-0.3, -0.25) is 4.57 Å². The molecule has 6 nitrogen and oxygen atoms in total. The van der Waals surface area contributed by atoms with Crippen LogP contribution in [-0.2, 0) is 13.1 Å². The Labute approximate surface area is 181 Å². The van der Waals surface area contributed by atoms with Crippen LogP contribution in [0.3, 0.4) is 0 Å². The standard InChI is InChI=1S/C19H21ClN6.HI/c1-2-22-19(24-12-15-4-3-5-17(20)10-15)25-13-16-6-7-23-18(11-16)26-9-8-21-14-26;/h3-11,14H,2,12-13H2,1H3,(H2,22,24,25);1H. The average molecular weight is 497 g/mol. The number of benzene rings is 1. The van der Waals surface area contributed by atoms with E-state index in [-0.39, 0.29) is 24.0 Å². The molecule has 27 heavy (non-hydrogen) atoms. The van der Waals surface area contributed by atoms with Gasteiger partial charge in [0.1, 0.15) is 12.1 Å². The molecule has 142 valence electrons. The van der Waals surface area contributed by atoms with Crippen LogP contribution < -0.4 is 10.6 Å². The van der Waals surface area contributed by atoms with Crippen LogP contribution in [-0.4, -0.2) is 27.0 Å². The van der Waals surface area contributed by atoms with E-state index in [1.807, 2.05) is 54.1 Å². The number of hydrogen-bond acceptors (Lipinski definition) is 3. The summed E-state index contributed by atoms with van der Waals surface area (Å²) in [6, 6.07) is 11.7. The van der Waals surface area contributed by atoms with Gasteiger partial charge in [-0.2, -0.15) is 0 Å². The Balaban J connectivity index is 0.00000261. The van der Waals surface area contributed by atoms with E-state index in [9.17, 15) is 0 Å². The highest BCUT2D eigenvalue weighted by Gasteiger charge is 2.02. The number of guanidine groups is 1. The first-order valence-corrected chi connectivity index (χ1v) is 8.82. The first-order chi connectivity index (χ1) is 12.7. The smallest absolute Gasteiger partial charge is 0.191 e. The first kappa shape index (κ1) is 21.2. The molecule has 0 radical (unpaired) electrons. The molecule has 0 bridgehead atoms. The van der Waals surface area contributed by atoms with E-state index in [0.29, 0.717) is 13.1 Å². The fraction of sp³-hybridized carbons (Fsp3) is 0.211. The van der Waals surface area contributed by atoms with Gasteiger partial charge in [0.15, 0.2) is 5.96 Å². The fourth-order valence-corrected chi connectivity index (χ4v) is 2.65. The number of nitrogens with one attached hydrogen (secondary N) is 2. The molecule has 0 saturated carbocycles. The predicted molar refractivity (Wildman–Crippen MR) is 120 cm³/mol. The molecule has 0 saturated heterocycles. The number of rotatable bonds is 6. The van der Waals surface area contributed by atoms with Crippen molar-refractivity contribution >= 4 is 41.5 Å². The minimum absolute atomic E-state index is 0. The minimum Gasteiger partial charge on any atom is -0.357 e. The molecule has 0 fully saturated rings. The molecule has 0 atom stereocenters. The lowest BCUT2D eigenvalue weighted by Crippen LogP contribution is -2.36. The number of nitrogens with zero attached hydrogens (tertiary/aromatic N) is 4. The maximum Gasteiger partial charge on any atom is 0.191 e. The second kappa shape index (κ2) is 10.9. The van der Waals surface area contributed by atoms with E-state index >= 15 is 0 Å². The summed E-state index contributed by atoms with van der Waals surface area (Å²) in [5.41, 5.74) is 2.18. The van der Waals surface area contributed by atoms with E-state index in [2.05, 4.69) is 25.6 Å². The van der Waals surface area contributed by atoms with Crippen molar-refractivity contribution in [3.63, 3.8) is 0 Å². The van der Waals surface area contributed by atoms with Gasteiger partial charge in [-0.05, 0) is 42.3 Å². The van der Waals surface area contributed by atoms with E-state index in [1.54, 1.807) is 18.7 Å². The summed E-state index contributed by atoms with van der Waals surface area (Å²) in [6.07, 6.45) is 7.13.